The summed E-state index contributed by atoms with van der Waals surface area (Å²) in [6, 6.07) is 3.37. The van der Waals surface area contributed by atoms with Gasteiger partial charge in [-0.1, -0.05) is 0 Å². The van der Waals surface area contributed by atoms with Crippen LogP contribution in [-0.4, -0.2) is 60.1 Å². The summed E-state index contributed by atoms with van der Waals surface area (Å²) < 4.78 is 1.49. The first-order valence-corrected chi connectivity index (χ1v) is 10.6. The van der Waals surface area contributed by atoms with Crippen LogP contribution >= 0.6 is 0 Å². The van der Waals surface area contributed by atoms with Crippen LogP contribution in [0.3, 0.4) is 0 Å². The molecule has 30 heavy (non-hydrogen) atoms. The summed E-state index contributed by atoms with van der Waals surface area (Å²) in [6.07, 6.45) is 8.30. The molecule has 3 aromatic heterocycles. The Hall–Kier alpha value is -3.01. The van der Waals surface area contributed by atoms with Crippen molar-refractivity contribution < 1.29 is 5.11 Å². The molecular formula is C20H26N8O2. The molecule has 158 valence electrons. The number of aliphatic hydroxyl groups is 1. The highest BCUT2D eigenvalue weighted by Crippen LogP contribution is 2.29. The van der Waals surface area contributed by atoms with Crippen LogP contribution in [0, 0.1) is 0 Å². The van der Waals surface area contributed by atoms with E-state index in [9.17, 15) is 9.90 Å². The number of aromatic nitrogens is 6. The van der Waals surface area contributed by atoms with Gasteiger partial charge in [-0.05, 0) is 44.6 Å². The molecule has 0 radical (unpaired) electrons. The summed E-state index contributed by atoms with van der Waals surface area (Å²) in [4.78, 5) is 30.4. The maximum absolute atomic E-state index is 12.4. The molecule has 1 saturated carbocycles. The molecule has 1 aliphatic heterocycles. The van der Waals surface area contributed by atoms with Crippen LogP contribution in [0.1, 0.15) is 44.6 Å². The van der Waals surface area contributed by atoms with Crippen molar-refractivity contribution in [3.8, 4) is 0 Å². The molecule has 10 nitrogen and oxygen atoms in total. The van der Waals surface area contributed by atoms with Crippen LogP contribution in [0.2, 0.25) is 0 Å². The maximum Gasteiger partial charge on any atom is 0.267 e. The van der Waals surface area contributed by atoms with Crippen molar-refractivity contribution in [1.82, 2.24) is 29.7 Å². The van der Waals surface area contributed by atoms with Crippen molar-refractivity contribution in [3.63, 3.8) is 0 Å². The minimum Gasteiger partial charge on any atom is -0.391 e. The lowest BCUT2D eigenvalue weighted by atomic mass is 10.0. The molecule has 3 atom stereocenters. The number of imidazole rings is 1. The number of aromatic amines is 1. The van der Waals surface area contributed by atoms with Gasteiger partial charge in [0.15, 0.2) is 11.5 Å². The Balaban J connectivity index is 1.37. The second kappa shape index (κ2) is 8.02. The first-order valence-electron chi connectivity index (χ1n) is 10.6. The van der Waals surface area contributed by atoms with Crippen LogP contribution in [0.15, 0.2) is 29.6 Å². The fourth-order valence-corrected chi connectivity index (χ4v) is 4.64. The van der Waals surface area contributed by atoms with Gasteiger partial charge in [0.2, 0.25) is 0 Å². The standard InChI is InChI=1S/C20H26N8O2/c29-15-6-3-5-14(15)28-17(30)8-7-16(26-28)27-9-2-1-4-13(27)10-21-19-18-20(23-11-22-18)25-12-24-19/h7-8,11-15,29H,1-6,9-10H2,(H2,21,22,23,24,25). The normalized spacial score (nSPS) is 24.4. The minimum atomic E-state index is -0.501. The van der Waals surface area contributed by atoms with Gasteiger partial charge in [0.05, 0.1) is 18.5 Å². The minimum absolute atomic E-state index is 0.154. The SMILES string of the molecule is O=c1ccc(N2CCCCC2CNc2ncnc3nc[nH]c23)nn1C1CCCC1O. The van der Waals surface area contributed by atoms with E-state index >= 15 is 0 Å². The van der Waals surface area contributed by atoms with E-state index in [0.29, 0.717) is 12.2 Å². The molecule has 0 amide bonds. The summed E-state index contributed by atoms with van der Waals surface area (Å²) in [5.74, 6) is 1.52. The molecule has 5 rings (SSSR count). The van der Waals surface area contributed by atoms with Gasteiger partial charge in [0.25, 0.3) is 5.56 Å². The van der Waals surface area contributed by atoms with E-state index in [1.54, 1.807) is 18.5 Å². The average molecular weight is 410 g/mol. The topological polar surface area (TPSA) is 125 Å². The predicted octanol–water partition coefficient (Wildman–Crippen LogP) is 1.47. The van der Waals surface area contributed by atoms with Gasteiger partial charge >= 0.3 is 0 Å². The smallest absolute Gasteiger partial charge is 0.267 e. The molecule has 3 N–H and O–H groups in total. The van der Waals surface area contributed by atoms with Crippen LogP contribution in [0.4, 0.5) is 11.6 Å². The molecule has 0 spiro atoms. The second-order valence-electron chi connectivity index (χ2n) is 8.09. The molecule has 0 aromatic carbocycles. The molecule has 1 aliphatic carbocycles. The third-order valence-corrected chi connectivity index (χ3v) is 6.22. The molecular weight excluding hydrogens is 384 g/mol. The first kappa shape index (κ1) is 19.0. The lowest BCUT2D eigenvalue weighted by molar-refractivity contribution is 0.127. The number of H-pyrrole nitrogens is 1. The van der Waals surface area contributed by atoms with Crippen molar-refractivity contribution in [2.24, 2.45) is 0 Å². The highest BCUT2D eigenvalue weighted by Gasteiger charge is 2.30. The third kappa shape index (κ3) is 3.51. The van der Waals surface area contributed by atoms with Crippen LogP contribution < -0.4 is 15.8 Å². The van der Waals surface area contributed by atoms with Crippen molar-refractivity contribution in [3.05, 3.63) is 35.1 Å². The van der Waals surface area contributed by atoms with Gasteiger partial charge in [-0.3, -0.25) is 4.79 Å². The Labute approximate surface area is 173 Å². The van der Waals surface area contributed by atoms with E-state index in [-0.39, 0.29) is 17.6 Å². The number of rotatable bonds is 5. The number of nitrogens with zero attached hydrogens (tertiary/aromatic N) is 6. The van der Waals surface area contributed by atoms with E-state index < -0.39 is 6.10 Å². The number of fused-ring (bicyclic) bond motifs is 1. The fraction of sp³-hybridized carbons (Fsp3) is 0.550. The molecule has 1 saturated heterocycles. The molecule has 3 aromatic rings. The number of piperidine rings is 1. The third-order valence-electron chi connectivity index (χ3n) is 6.22. The predicted molar refractivity (Wildman–Crippen MR) is 113 cm³/mol. The van der Waals surface area contributed by atoms with Crippen LogP contribution in [0.5, 0.6) is 0 Å². The molecule has 2 aliphatic rings. The van der Waals surface area contributed by atoms with E-state index in [0.717, 1.165) is 62.2 Å². The van der Waals surface area contributed by atoms with E-state index in [4.69, 9.17) is 0 Å². The molecule has 4 heterocycles. The van der Waals surface area contributed by atoms with E-state index in [1.165, 1.54) is 11.0 Å². The van der Waals surface area contributed by atoms with E-state index in [2.05, 4.69) is 35.3 Å². The summed E-state index contributed by atoms with van der Waals surface area (Å²) in [5.41, 5.74) is 1.28. The quantitative estimate of drug-likeness (QED) is 0.577. The van der Waals surface area contributed by atoms with Crippen LogP contribution in [-0.2, 0) is 0 Å². The largest absolute Gasteiger partial charge is 0.391 e. The zero-order valence-corrected chi connectivity index (χ0v) is 16.7. The molecule has 3 unspecified atom stereocenters. The highest BCUT2D eigenvalue weighted by molar-refractivity contribution is 5.81. The first-order chi connectivity index (χ1) is 14.7. The van der Waals surface area contributed by atoms with Crippen molar-refractivity contribution in [2.45, 2.75) is 56.7 Å². The summed E-state index contributed by atoms with van der Waals surface area (Å²) in [6.45, 7) is 1.58. The van der Waals surface area contributed by atoms with Crippen molar-refractivity contribution in [1.29, 1.82) is 0 Å². The number of anilines is 2. The van der Waals surface area contributed by atoms with Gasteiger partial charge in [-0.15, -0.1) is 0 Å². The van der Waals surface area contributed by atoms with Crippen LogP contribution in [0.25, 0.3) is 11.2 Å². The Kier molecular flexibility index (Phi) is 5.07. The monoisotopic (exact) mass is 410 g/mol. The summed E-state index contributed by atoms with van der Waals surface area (Å²) >= 11 is 0. The van der Waals surface area contributed by atoms with Gasteiger partial charge in [-0.25, -0.2) is 19.6 Å². The van der Waals surface area contributed by atoms with Gasteiger partial charge in [0, 0.05) is 25.2 Å². The van der Waals surface area contributed by atoms with Gasteiger partial charge in [-0.2, -0.15) is 5.10 Å². The van der Waals surface area contributed by atoms with Crippen molar-refractivity contribution >= 4 is 22.8 Å². The maximum atomic E-state index is 12.4. The summed E-state index contributed by atoms with van der Waals surface area (Å²) in [7, 11) is 0. The Morgan fingerprint density at radius 1 is 1.13 bits per heavy atom. The number of aliphatic hydroxyl groups excluding tert-OH is 1. The van der Waals surface area contributed by atoms with Crippen molar-refractivity contribution in [2.75, 3.05) is 23.3 Å². The van der Waals surface area contributed by atoms with Gasteiger partial charge < -0.3 is 20.3 Å². The summed E-state index contributed by atoms with van der Waals surface area (Å²) in [5, 5.41) is 18.4. The average Bonchev–Trinajstić information content (AvgIpc) is 3.42. The highest BCUT2D eigenvalue weighted by atomic mass is 16.3. The zero-order chi connectivity index (χ0) is 20.5. The second-order valence-corrected chi connectivity index (χ2v) is 8.09. The van der Waals surface area contributed by atoms with E-state index in [1.807, 2.05) is 0 Å². The number of hydrogen-bond acceptors (Lipinski definition) is 8. The van der Waals surface area contributed by atoms with Gasteiger partial charge in [0.1, 0.15) is 17.7 Å². The zero-order valence-electron chi connectivity index (χ0n) is 16.7. The Morgan fingerprint density at radius 3 is 2.93 bits per heavy atom. The number of hydrogen-bond donors (Lipinski definition) is 3. The fourth-order valence-electron chi connectivity index (χ4n) is 4.64. The lowest BCUT2D eigenvalue weighted by Crippen LogP contribution is -2.45. The molecule has 2 fully saturated rings. The Morgan fingerprint density at radius 2 is 2.07 bits per heavy atom. The molecule has 0 bridgehead atoms. The number of nitrogens with one attached hydrogen (secondary N) is 2. The molecule has 10 heteroatoms. The Bertz CT molecular complexity index is 1080. The lowest BCUT2D eigenvalue weighted by Gasteiger charge is -2.37.